The van der Waals surface area contributed by atoms with Gasteiger partial charge in [0.05, 0.1) is 10.6 Å². The Kier molecular flexibility index (Phi) is 4.44. The van der Waals surface area contributed by atoms with Gasteiger partial charge < -0.3 is 9.64 Å². The Hall–Kier alpha value is -2.51. The van der Waals surface area contributed by atoms with Crippen molar-refractivity contribution >= 4 is 17.5 Å². The highest BCUT2D eigenvalue weighted by Gasteiger charge is 2.66. The highest BCUT2D eigenvalue weighted by molar-refractivity contribution is 6.31. The summed E-state index contributed by atoms with van der Waals surface area (Å²) in [4.78, 5) is 15.1. The maximum absolute atomic E-state index is 13.1. The van der Waals surface area contributed by atoms with E-state index in [0.717, 1.165) is 11.1 Å². The fraction of sp³-hybridized carbons (Fsp3) is 0.417. The van der Waals surface area contributed by atoms with Crippen LogP contribution in [0.15, 0.2) is 36.4 Å². The van der Waals surface area contributed by atoms with Crippen molar-refractivity contribution < 1.29 is 9.53 Å². The second kappa shape index (κ2) is 6.50. The number of fused-ring (bicyclic) bond motifs is 1. The van der Waals surface area contributed by atoms with Crippen LogP contribution in [0.4, 0.5) is 0 Å². The van der Waals surface area contributed by atoms with Crippen molar-refractivity contribution in [3.05, 3.63) is 63.7 Å². The molecule has 0 atom stereocenters. The third kappa shape index (κ3) is 2.91. The fourth-order valence-electron chi connectivity index (χ4n) is 5.69. The maximum Gasteiger partial charge on any atom is 0.254 e. The summed E-state index contributed by atoms with van der Waals surface area (Å²) >= 11 is 6.18. The van der Waals surface area contributed by atoms with Crippen molar-refractivity contribution in [2.75, 3.05) is 0 Å². The minimum absolute atomic E-state index is 0.0501. The van der Waals surface area contributed by atoms with Crippen molar-refractivity contribution in [3.8, 4) is 11.8 Å². The molecule has 0 unspecified atom stereocenters. The average Bonchev–Trinajstić information content (AvgIpc) is 2.94. The Morgan fingerprint density at radius 2 is 1.83 bits per heavy atom. The summed E-state index contributed by atoms with van der Waals surface area (Å²) in [6, 6.07) is 13.3. The first kappa shape index (κ1) is 19.8. The van der Waals surface area contributed by atoms with Gasteiger partial charge in [-0.1, -0.05) is 57.0 Å². The number of nitriles is 1. The van der Waals surface area contributed by atoms with Crippen LogP contribution in [0.1, 0.15) is 54.7 Å². The molecule has 0 saturated heterocycles. The van der Waals surface area contributed by atoms with Crippen LogP contribution >= 0.6 is 11.6 Å². The number of hydrogen-bond acceptors (Lipinski definition) is 3. The molecule has 2 aromatic rings. The monoisotopic (exact) mass is 408 g/mol. The van der Waals surface area contributed by atoms with E-state index in [-0.39, 0.29) is 28.9 Å². The summed E-state index contributed by atoms with van der Waals surface area (Å²) in [6.45, 7) is 11.3. The van der Waals surface area contributed by atoms with Crippen LogP contribution in [-0.4, -0.2) is 23.0 Å². The van der Waals surface area contributed by atoms with E-state index in [9.17, 15) is 4.79 Å². The molecule has 1 fully saturated rings. The summed E-state index contributed by atoms with van der Waals surface area (Å²) in [5.74, 6) is 0.747. The van der Waals surface area contributed by atoms with Crippen molar-refractivity contribution in [2.24, 2.45) is 10.8 Å². The molecule has 29 heavy (non-hydrogen) atoms. The molecule has 5 heteroatoms. The van der Waals surface area contributed by atoms with E-state index in [4.69, 9.17) is 21.6 Å². The first-order valence-electron chi connectivity index (χ1n) is 9.84. The largest absolute Gasteiger partial charge is 0.489 e. The molecule has 1 aliphatic heterocycles. The number of carbonyl (C=O) groups excluding carboxylic acids is 1. The van der Waals surface area contributed by atoms with Crippen molar-refractivity contribution in [2.45, 2.75) is 53.3 Å². The minimum Gasteiger partial charge on any atom is -0.489 e. The molecule has 0 bridgehead atoms. The molecule has 1 heterocycles. The van der Waals surface area contributed by atoms with Crippen LogP contribution in [0.25, 0.3) is 0 Å². The zero-order valence-electron chi connectivity index (χ0n) is 17.4. The van der Waals surface area contributed by atoms with Crippen LogP contribution < -0.4 is 4.74 Å². The molecule has 4 nitrogen and oxygen atoms in total. The van der Waals surface area contributed by atoms with Crippen molar-refractivity contribution in [3.63, 3.8) is 0 Å². The van der Waals surface area contributed by atoms with Gasteiger partial charge in [0.15, 0.2) is 0 Å². The molecule has 0 spiro atoms. The van der Waals surface area contributed by atoms with E-state index < -0.39 is 0 Å². The molecular weight excluding hydrogens is 384 g/mol. The lowest BCUT2D eigenvalue weighted by molar-refractivity contribution is -0.199. The van der Waals surface area contributed by atoms with Crippen LogP contribution in [0.5, 0.6) is 5.75 Å². The van der Waals surface area contributed by atoms with Crippen LogP contribution in [0.2, 0.25) is 5.02 Å². The maximum atomic E-state index is 13.1. The van der Waals surface area contributed by atoms with Gasteiger partial charge in [-0.05, 0) is 30.7 Å². The Bertz CT molecular complexity index is 1040. The van der Waals surface area contributed by atoms with Crippen LogP contribution in [0.3, 0.4) is 0 Å². The van der Waals surface area contributed by atoms with E-state index in [0.29, 0.717) is 22.9 Å². The smallest absolute Gasteiger partial charge is 0.254 e. The average molecular weight is 409 g/mol. The predicted molar refractivity (Wildman–Crippen MR) is 113 cm³/mol. The van der Waals surface area contributed by atoms with Gasteiger partial charge in [-0.15, -0.1) is 0 Å². The highest BCUT2D eigenvalue weighted by atomic mass is 35.5. The van der Waals surface area contributed by atoms with Crippen molar-refractivity contribution in [1.29, 1.82) is 5.26 Å². The van der Waals surface area contributed by atoms with Crippen molar-refractivity contribution in [1.82, 2.24) is 4.90 Å². The summed E-state index contributed by atoms with van der Waals surface area (Å²) in [6.07, 6.45) is -0.0951. The quantitative estimate of drug-likeness (QED) is 0.687. The van der Waals surface area contributed by atoms with Gasteiger partial charge in [0, 0.05) is 35.0 Å². The third-order valence-electron chi connectivity index (χ3n) is 6.48. The number of nitrogens with zero attached hydrogens (tertiary/aromatic N) is 2. The number of aryl methyl sites for hydroxylation is 1. The summed E-state index contributed by atoms with van der Waals surface area (Å²) in [5.41, 5.74) is 3.03. The van der Waals surface area contributed by atoms with Gasteiger partial charge in [-0.3, -0.25) is 4.79 Å². The standard InChI is InChI=1S/C24H25ClN2O2/c1-14-6-9-18-16(10-14)13-27(20(18)28)21-23(2,3)22(24(21,4)5)29-17-8-7-15(12-26)19(25)11-17/h6-11,21-22H,13H2,1-5H3/t21-,22-. The zero-order chi connectivity index (χ0) is 21.1. The first-order chi connectivity index (χ1) is 13.6. The van der Waals surface area contributed by atoms with E-state index in [1.807, 2.05) is 17.0 Å². The van der Waals surface area contributed by atoms with Gasteiger partial charge in [0.1, 0.15) is 17.9 Å². The van der Waals surface area contributed by atoms with Crippen LogP contribution in [0, 0.1) is 29.1 Å². The van der Waals surface area contributed by atoms with Crippen LogP contribution in [-0.2, 0) is 6.54 Å². The zero-order valence-corrected chi connectivity index (χ0v) is 18.2. The molecule has 4 rings (SSSR count). The molecule has 0 N–H and O–H groups in total. The second-order valence-corrected chi connectivity index (χ2v) is 9.80. The Balaban J connectivity index is 1.60. The molecular formula is C24H25ClN2O2. The Morgan fingerprint density at radius 1 is 1.14 bits per heavy atom. The number of halogens is 1. The second-order valence-electron chi connectivity index (χ2n) is 9.39. The van der Waals surface area contributed by atoms with E-state index in [1.54, 1.807) is 18.2 Å². The van der Waals surface area contributed by atoms with Gasteiger partial charge in [0.2, 0.25) is 0 Å². The summed E-state index contributed by atoms with van der Waals surface area (Å²) in [7, 11) is 0. The number of rotatable bonds is 3. The van der Waals surface area contributed by atoms with E-state index in [2.05, 4.69) is 46.8 Å². The molecule has 150 valence electrons. The third-order valence-corrected chi connectivity index (χ3v) is 6.79. The van der Waals surface area contributed by atoms with Gasteiger partial charge in [0.25, 0.3) is 5.91 Å². The Morgan fingerprint density at radius 3 is 2.45 bits per heavy atom. The fourth-order valence-corrected chi connectivity index (χ4v) is 5.90. The van der Waals surface area contributed by atoms with E-state index in [1.165, 1.54) is 5.56 Å². The first-order valence-corrected chi connectivity index (χ1v) is 10.2. The predicted octanol–water partition coefficient (Wildman–Crippen LogP) is 5.36. The number of benzene rings is 2. The van der Waals surface area contributed by atoms with E-state index >= 15 is 0 Å². The number of amides is 1. The lowest BCUT2D eigenvalue weighted by atomic mass is 9.49. The normalized spacial score (nSPS) is 23.9. The molecule has 0 radical (unpaired) electrons. The van der Waals surface area contributed by atoms with Gasteiger partial charge in [-0.25, -0.2) is 0 Å². The van der Waals surface area contributed by atoms with Gasteiger partial charge in [-0.2, -0.15) is 5.26 Å². The SMILES string of the molecule is Cc1ccc2c(c1)CN([C@H]1C(C)(C)[C@H](Oc3ccc(C#N)c(Cl)c3)C1(C)C)C2=O. The molecule has 1 amide bonds. The molecule has 1 saturated carbocycles. The molecule has 2 aromatic carbocycles. The molecule has 1 aliphatic carbocycles. The number of ether oxygens (including phenoxy) is 1. The topological polar surface area (TPSA) is 53.3 Å². The summed E-state index contributed by atoms with van der Waals surface area (Å²) in [5, 5.41) is 9.46. The number of hydrogen-bond donors (Lipinski definition) is 0. The minimum atomic E-state index is -0.239. The number of carbonyl (C=O) groups is 1. The summed E-state index contributed by atoms with van der Waals surface area (Å²) < 4.78 is 6.35. The molecule has 0 aromatic heterocycles. The van der Waals surface area contributed by atoms with Gasteiger partial charge >= 0.3 is 0 Å². The molecule has 2 aliphatic rings. The Labute approximate surface area is 177 Å². The lowest BCUT2D eigenvalue weighted by Crippen LogP contribution is -2.74. The highest BCUT2D eigenvalue weighted by Crippen LogP contribution is 2.59. The lowest BCUT2D eigenvalue weighted by Gasteiger charge is -2.65.